The van der Waals surface area contributed by atoms with Crippen LogP contribution in [0.4, 0.5) is 0 Å². The fraction of sp³-hybridized carbons (Fsp3) is 0.786. The van der Waals surface area contributed by atoms with Crippen molar-refractivity contribution in [3.05, 3.63) is 0 Å². The monoisotopic (exact) mass is 281 g/mol. The highest BCUT2D eigenvalue weighted by Gasteiger charge is 2.29. The second-order valence-corrected chi connectivity index (χ2v) is 5.34. The Hall–Kier alpha value is -1.61. The Kier molecular flexibility index (Phi) is 6.46. The van der Waals surface area contributed by atoms with E-state index < -0.39 is 5.92 Å². The lowest BCUT2D eigenvalue weighted by atomic mass is 9.95. The molecule has 1 amide bonds. The van der Waals surface area contributed by atoms with Gasteiger partial charge in [-0.25, -0.2) is 0 Å². The summed E-state index contributed by atoms with van der Waals surface area (Å²) >= 11 is 0. The number of carbonyl (C=O) groups is 2. The summed E-state index contributed by atoms with van der Waals surface area (Å²) in [5, 5.41) is 9.06. The molecule has 1 heterocycles. The van der Waals surface area contributed by atoms with Gasteiger partial charge in [0.05, 0.1) is 19.6 Å². The molecule has 1 aliphatic heterocycles. The van der Waals surface area contributed by atoms with Crippen LogP contribution in [-0.2, 0) is 14.3 Å². The third-order valence-electron chi connectivity index (χ3n) is 3.62. The Morgan fingerprint density at radius 2 is 1.85 bits per heavy atom. The first kappa shape index (κ1) is 16.4. The molecule has 1 atom stereocenters. The molecular weight excluding hydrogens is 258 g/mol. The van der Waals surface area contributed by atoms with Crippen LogP contribution in [0.3, 0.4) is 0 Å². The Labute approximate surface area is 120 Å². The van der Waals surface area contributed by atoms with Crippen LogP contribution in [0.5, 0.6) is 0 Å². The lowest BCUT2D eigenvalue weighted by Gasteiger charge is -2.35. The van der Waals surface area contributed by atoms with Crippen LogP contribution in [-0.4, -0.2) is 61.5 Å². The predicted octanol–water partition coefficient (Wildman–Crippen LogP) is 0.489. The first-order valence-electron chi connectivity index (χ1n) is 6.97. The van der Waals surface area contributed by atoms with Crippen LogP contribution in [0.15, 0.2) is 0 Å². The molecule has 1 aliphatic rings. The summed E-state index contributed by atoms with van der Waals surface area (Å²) in [7, 11) is 1.38. The Balaban J connectivity index is 2.40. The number of hydrogen-bond donors (Lipinski definition) is 0. The van der Waals surface area contributed by atoms with Crippen molar-refractivity contribution < 1.29 is 14.3 Å². The lowest BCUT2D eigenvalue weighted by Crippen LogP contribution is -2.51. The molecular formula is C14H23N3O3. The van der Waals surface area contributed by atoms with Crippen LogP contribution in [0.1, 0.15) is 20.3 Å². The zero-order chi connectivity index (χ0) is 15.1. The quantitative estimate of drug-likeness (QED) is 0.686. The number of methoxy groups -OCH3 is 1. The highest BCUT2D eigenvalue weighted by Crippen LogP contribution is 2.15. The van der Waals surface area contributed by atoms with Crippen molar-refractivity contribution in [2.45, 2.75) is 20.3 Å². The number of nitriles is 1. The van der Waals surface area contributed by atoms with Crippen molar-refractivity contribution in [1.29, 1.82) is 5.26 Å². The minimum atomic E-state index is -0.559. The van der Waals surface area contributed by atoms with Crippen molar-refractivity contribution >= 4 is 11.9 Å². The maximum absolute atomic E-state index is 12.2. The van der Waals surface area contributed by atoms with Gasteiger partial charge in [0.15, 0.2) is 0 Å². The molecule has 0 spiro atoms. The number of rotatable bonds is 5. The Bertz CT molecular complexity index is 382. The summed E-state index contributed by atoms with van der Waals surface area (Å²) in [5.74, 6) is -0.815. The molecule has 1 saturated heterocycles. The van der Waals surface area contributed by atoms with Gasteiger partial charge in [-0.3, -0.25) is 14.5 Å². The van der Waals surface area contributed by atoms with E-state index >= 15 is 0 Å². The van der Waals surface area contributed by atoms with E-state index in [1.807, 2.05) is 13.8 Å². The molecule has 1 fully saturated rings. The molecule has 20 heavy (non-hydrogen) atoms. The molecule has 0 saturated carbocycles. The molecule has 0 aromatic rings. The second-order valence-electron chi connectivity index (χ2n) is 5.34. The number of amides is 1. The number of esters is 1. The van der Waals surface area contributed by atoms with Gasteiger partial charge in [0.2, 0.25) is 5.91 Å². The van der Waals surface area contributed by atoms with Crippen molar-refractivity contribution in [3.63, 3.8) is 0 Å². The molecule has 6 heteroatoms. The summed E-state index contributed by atoms with van der Waals surface area (Å²) in [6, 6.07) is 2.09. The van der Waals surface area contributed by atoms with Crippen LogP contribution in [0.25, 0.3) is 0 Å². The van der Waals surface area contributed by atoms with Crippen molar-refractivity contribution in [2.75, 3.05) is 39.8 Å². The number of nitrogens with zero attached hydrogens (tertiary/aromatic N) is 3. The Morgan fingerprint density at radius 3 is 2.30 bits per heavy atom. The zero-order valence-corrected chi connectivity index (χ0v) is 12.5. The van der Waals surface area contributed by atoms with E-state index in [1.54, 1.807) is 4.90 Å². The standard InChI is InChI=1S/C14H23N3O3/c1-11(2)12(10-15)14(19)17-8-6-16(7-9-17)5-4-13(18)20-3/h11-12H,4-9H2,1-3H3. The molecule has 0 aromatic carbocycles. The third-order valence-corrected chi connectivity index (χ3v) is 3.62. The minimum Gasteiger partial charge on any atom is -0.469 e. The Morgan fingerprint density at radius 1 is 1.25 bits per heavy atom. The summed E-state index contributed by atoms with van der Waals surface area (Å²) in [5.41, 5.74) is 0. The molecule has 1 unspecified atom stereocenters. The predicted molar refractivity (Wildman–Crippen MR) is 73.6 cm³/mol. The van der Waals surface area contributed by atoms with E-state index in [0.717, 1.165) is 13.1 Å². The summed E-state index contributed by atoms with van der Waals surface area (Å²) in [6.45, 7) is 7.13. The zero-order valence-electron chi connectivity index (χ0n) is 12.5. The average Bonchev–Trinajstić information content (AvgIpc) is 2.45. The van der Waals surface area contributed by atoms with Gasteiger partial charge in [-0.15, -0.1) is 0 Å². The maximum Gasteiger partial charge on any atom is 0.306 e. The largest absolute Gasteiger partial charge is 0.469 e. The van der Waals surface area contributed by atoms with Gasteiger partial charge in [0, 0.05) is 32.7 Å². The highest BCUT2D eigenvalue weighted by molar-refractivity contribution is 5.81. The van der Waals surface area contributed by atoms with Crippen LogP contribution >= 0.6 is 0 Å². The SMILES string of the molecule is COC(=O)CCN1CCN(C(=O)C(C#N)C(C)C)CC1. The van der Waals surface area contributed by atoms with Gasteiger partial charge >= 0.3 is 5.97 Å². The van der Waals surface area contributed by atoms with Crippen LogP contribution < -0.4 is 0 Å². The first-order valence-corrected chi connectivity index (χ1v) is 6.97. The molecule has 1 rings (SSSR count). The van der Waals surface area contributed by atoms with Gasteiger partial charge in [-0.2, -0.15) is 5.26 Å². The molecule has 0 bridgehead atoms. The summed E-state index contributed by atoms with van der Waals surface area (Å²) < 4.78 is 4.61. The lowest BCUT2D eigenvalue weighted by molar-refractivity contribution is -0.142. The minimum absolute atomic E-state index is 0.0323. The van der Waals surface area contributed by atoms with Crippen molar-refractivity contribution in [3.8, 4) is 6.07 Å². The fourth-order valence-electron chi connectivity index (χ4n) is 2.23. The van der Waals surface area contributed by atoms with E-state index in [2.05, 4.69) is 15.7 Å². The van der Waals surface area contributed by atoms with E-state index in [0.29, 0.717) is 26.1 Å². The van der Waals surface area contributed by atoms with Crippen molar-refractivity contribution in [1.82, 2.24) is 9.80 Å². The van der Waals surface area contributed by atoms with Crippen LogP contribution in [0.2, 0.25) is 0 Å². The average molecular weight is 281 g/mol. The summed E-state index contributed by atoms with van der Waals surface area (Å²) in [4.78, 5) is 27.2. The number of ether oxygens (including phenoxy) is 1. The number of carbonyl (C=O) groups excluding carboxylic acids is 2. The number of piperazine rings is 1. The van der Waals surface area contributed by atoms with E-state index in [4.69, 9.17) is 5.26 Å². The molecule has 0 radical (unpaired) electrons. The van der Waals surface area contributed by atoms with Gasteiger partial charge in [0.25, 0.3) is 0 Å². The fourth-order valence-corrected chi connectivity index (χ4v) is 2.23. The van der Waals surface area contributed by atoms with E-state index in [9.17, 15) is 9.59 Å². The van der Waals surface area contributed by atoms with E-state index in [-0.39, 0.29) is 17.8 Å². The maximum atomic E-state index is 12.2. The topological polar surface area (TPSA) is 73.6 Å². The molecule has 112 valence electrons. The highest BCUT2D eigenvalue weighted by atomic mass is 16.5. The summed E-state index contributed by atoms with van der Waals surface area (Å²) in [6.07, 6.45) is 0.372. The smallest absolute Gasteiger partial charge is 0.306 e. The van der Waals surface area contributed by atoms with Gasteiger partial charge in [0.1, 0.15) is 5.92 Å². The van der Waals surface area contributed by atoms with Crippen molar-refractivity contribution in [2.24, 2.45) is 11.8 Å². The van der Waals surface area contributed by atoms with Gasteiger partial charge < -0.3 is 9.64 Å². The van der Waals surface area contributed by atoms with Gasteiger partial charge in [-0.1, -0.05) is 13.8 Å². The van der Waals surface area contributed by atoms with Gasteiger partial charge in [-0.05, 0) is 5.92 Å². The van der Waals surface area contributed by atoms with Crippen LogP contribution in [0, 0.1) is 23.2 Å². The second kappa shape index (κ2) is 7.85. The third kappa shape index (κ3) is 4.49. The first-order chi connectivity index (χ1) is 9.49. The number of hydrogen-bond acceptors (Lipinski definition) is 5. The molecule has 0 aromatic heterocycles. The molecule has 0 aliphatic carbocycles. The molecule has 6 nitrogen and oxygen atoms in total. The molecule has 0 N–H and O–H groups in total. The normalized spacial score (nSPS) is 17.6. The van der Waals surface area contributed by atoms with E-state index in [1.165, 1.54) is 7.11 Å².